The summed E-state index contributed by atoms with van der Waals surface area (Å²) in [5.74, 6) is 1.97. The van der Waals surface area contributed by atoms with Gasteiger partial charge in [-0.3, -0.25) is 14.6 Å². The molecule has 0 amide bonds. The number of benzene rings is 1. The van der Waals surface area contributed by atoms with Crippen molar-refractivity contribution in [3.05, 3.63) is 41.5 Å². The Hall–Kier alpha value is -2.45. The molecular formula is C17H17NO3Si. The molecule has 1 aromatic rings. The Kier molecular flexibility index (Phi) is 4.43. The van der Waals surface area contributed by atoms with E-state index >= 15 is 0 Å². The fraction of sp³-hybridized carbons (Fsp3) is 0.235. The van der Waals surface area contributed by atoms with Gasteiger partial charge in [0.2, 0.25) is 0 Å². The zero-order valence-corrected chi connectivity index (χ0v) is 13.8. The molecule has 1 aliphatic rings. The van der Waals surface area contributed by atoms with E-state index in [2.05, 4.69) is 36.1 Å². The topological polar surface area (TPSA) is 66.7 Å². The number of ketones is 2. The van der Waals surface area contributed by atoms with Gasteiger partial charge in [0.05, 0.1) is 5.56 Å². The fourth-order valence-corrected chi connectivity index (χ4v) is 2.37. The minimum atomic E-state index is -1.54. The summed E-state index contributed by atoms with van der Waals surface area (Å²) in [5.41, 5.74) is 3.92. The summed E-state index contributed by atoms with van der Waals surface area (Å²) >= 11 is 0. The lowest BCUT2D eigenvalue weighted by Crippen LogP contribution is -2.29. The lowest BCUT2D eigenvalue weighted by molar-refractivity contribution is -0.114. The number of phenolic OH excluding ortho intramolecular Hbond substituents is 1. The van der Waals surface area contributed by atoms with Crippen LogP contribution in [0.15, 0.2) is 35.3 Å². The number of phenols is 1. The first-order valence-electron chi connectivity index (χ1n) is 6.92. The third kappa shape index (κ3) is 3.80. The van der Waals surface area contributed by atoms with E-state index in [1.807, 2.05) is 0 Å². The van der Waals surface area contributed by atoms with E-state index in [9.17, 15) is 14.7 Å². The van der Waals surface area contributed by atoms with Crippen LogP contribution in [-0.2, 0) is 4.79 Å². The number of carbonyl (C=O) groups excluding carboxylic acids is 2. The van der Waals surface area contributed by atoms with Crippen molar-refractivity contribution in [3.63, 3.8) is 0 Å². The molecular weight excluding hydrogens is 294 g/mol. The van der Waals surface area contributed by atoms with Gasteiger partial charge in [0, 0.05) is 11.8 Å². The summed E-state index contributed by atoms with van der Waals surface area (Å²) < 4.78 is 0. The van der Waals surface area contributed by atoms with Crippen molar-refractivity contribution in [1.82, 2.24) is 0 Å². The van der Waals surface area contributed by atoms with Gasteiger partial charge in [-0.05, 0) is 30.4 Å². The number of hydrogen-bond donors (Lipinski definition) is 1. The third-order valence-corrected chi connectivity index (χ3v) is 3.82. The standard InChI is InChI=1S/C17H17NO3Si/c1-22(2,3)10-8-12-6-7-14(19)13(11-12)17(21)16-15(20)5-4-9-18-16/h4-7,9,11,16,19H,1-3H3. The number of aromatic hydroxyl groups is 1. The summed E-state index contributed by atoms with van der Waals surface area (Å²) in [6, 6.07) is 3.49. The van der Waals surface area contributed by atoms with E-state index in [4.69, 9.17) is 0 Å². The normalized spacial score (nSPS) is 17.0. The molecule has 0 aliphatic carbocycles. The molecule has 112 valence electrons. The fourth-order valence-electron chi connectivity index (χ4n) is 1.85. The molecule has 0 bridgehead atoms. The molecule has 1 N–H and O–H groups in total. The average Bonchev–Trinajstić information content (AvgIpc) is 2.45. The number of carbonyl (C=O) groups is 2. The molecule has 1 unspecified atom stereocenters. The molecule has 0 saturated heterocycles. The predicted octanol–water partition coefficient (Wildman–Crippen LogP) is 2.38. The SMILES string of the molecule is C[Si](C)(C)C#Cc1ccc(O)c(C(=O)C2N=CC=CC2=O)c1. The molecule has 4 nitrogen and oxygen atoms in total. The number of rotatable bonds is 2. The van der Waals surface area contributed by atoms with Crippen LogP contribution in [0.25, 0.3) is 0 Å². The molecule has 2 rings (SSSR count). The van der Waals surface area contributed by atoms with Gasteiger partial charge in [0.25, 0.3) is 0 Å². The van der Waals surface area contributed by atoms with E-state index in [0.29, 0.717) is 5.56 Å². The van der Waals surface area contributed by atoms with Crippen LogP contribution in [0.5, 0.6) is 5.75 Å². The minimum absolute atomic E-state index is 0.0770. The first kappa shape index (κ1) is 15.9. The number of Topliss-reactive ketones (excluding diaryl/α,β-unsaturated/α-hetero) is 1. The Balaban J connectivity index is 2.36. The van der Waals surface area contributed by atoms with Gasteiger partial charge in [-0.25, -0.2) is 0 Å². The van der Waals surface area contributed by atoms with Crippen LogP contribution in [0.3, 0.4) is 0 Å². The maximum Gasteiger partial charge on any atom is 0.198 e. The molecule has 0 spiro atoms. The maximum absolute atomic E-state index is 12.4. The monoisotopic (exact) mass is 311 g/mol. The Morgan fingerprint density at radius 2 is 2.05 bits per heavy atom. The van der Waals surface area contributed by atoms with E-state index in [-0.39, 0.29) is 17.1 Å². The average molecular weight is 311 g/mol. The Morgan fingerprint density at radius 3 is 2.68 bits per heavy atom. The first-order valence-corrected chi connectivity index (χ1v) is 10.4. The third-order valence-electron chi connectivity index (χ3n) is 2.94. The molecule has 1 aliphatic heterocycles. The van der Waals surface area contributed by atoms with Crippen molar-refractivity contribution in [2.75, 3.05) is 0 Å². The number of allylic oxidation sites excluding steroid dienone is 1. The molecule has 0 aromatic heterocycles. The molecule has 22 heavy (non-hydrogen) atoms. The van der Waals surface area contributed by atoms with Crippen LogP contribution in [0.1, 0.15) is 15.9 Å². The molecule has 1 aromatic carbocycles. The van der Waals surface area contributed by atoms with Crippen molar-refractivity contribution < 1.29 is 14.7 Å². The van der Waals surface area contributed by atoms with Crippen LogP contribution in [0.4, 0.5) is 0 Å². The van der Waals surface area contributed by atoms with Crippen molar-refractivity contribution in [3.8, 4) is 17.2 Å². The van der Waals surface area contributed by atoms with E-state index in [1.54, 1.807) is 6.07 Å². The quantitative estimate of drug-likeness (QED) is 0.395. The molecule has 1 heterocycles. The van der Waals surface area contributed by atoms with Crippen LogP contribution in [0.2, 0.25) is 19.6 Å². The summed E-state index contributed by atoms with van der Waals surface area (Å²) in [5, 5.41) is 9.91. The highest BCUT2D eigenvalue weighted by molar-refractivity contribution is 6.83. The van der Waals surface area contributed by atoms with Crippen molar-refractivity contribution in [1.29, 1.82) is 0 Å². The maximum atomic E-state index is 12.4. The van der Waals surface area contributed by atoms with E-state index in [1.165, 1.54) is 30.5 Å². The second-order valence-electron chi connectivity index (χ2n) is 6.06. The van der Waals surface area contributed by atoms with Crippen molar-refractivity contribution in [2.24, 2.45) is 4.99 Å². The Morgan fingerprint density at radius 1 is 1.32 bits per heavy atom. The van der Waals surface area contributed by atoms with Crippen LogP contribution in [0, 0.1) is 11.5 Å². The molecule has 1 atom stereocenters. The van der Waals surface area contributed by atoms with Gasteiger partial charge >= 0.3 is 0 Å². The Labute approximate surface area is 130 Å². The molecule has 0 saturated carbocycles. The van der Waals surface area contributed by atoms with E-state index in [0.717, 1.165) is 0 Å². The number of nitrogens with zero attached hydrogens (tertiary/aromatic N) is 1. The molecule has 5 heteroatoms. The lowest BCUT2D eigenvalue weighted by atomic mass is 9.97. The summed E-state index contributed by atoms with van der Waals surface area (Å²) in [6.07, 6.45) is 4.21. The van der Waals surface area contributed by atoms with Gasteiger partial charge in [-0.2, -0.15) is 0 Å². The molecule has 0 fully saturated rings. The summed E-state index contributed by atoms with van der Waals surface area (Å²) in [4.78, 5) is 28.0. The summed E-state index contributed by atoms with van der Waals surface area (Å²) in [7, 11) is -1.54. The predicted molar refractivity (Wildman–Crippen MR) is 89.1 cm³/mol. The number of aliphatic imine (C=N–C) groups is 1. The van der Waals surface area contributed by atoms with Crippen molar-refractivity contribution in [2.45, 2.75) is 25.7 Å². The minimum Gasteiger partial charge on any atom is -0.507 e. The lowest BCUT2D eigenvalue weighted by Gasteiger charge is -2.11. The van der Waals surface area contributed by atoms with Gasteiger partial charge in [-0.1, -0.05) is 25.6 Å². The van der Waals surface area contributed by atoms with Gasteiger partial charge < -0.3 is 5.11 Å². The van der Waals surface area contributed by atoms with Crippen LogP contribution in [-0.4, -0.2) is 37.0 Å². The van der Waals surface area contributed by atoms with Gasteiger partial charge in [-0.15, -0.1) is 5.54 Å². The molecule has 0 radical (unpaired) electrons. The smallest absolute Gasteiger partial charge is 0.198 e. The van der Waals surface area contributed by atoms with Gasteiger partial charge in [0.15, 0.2) is 17.6 Å². The zero-order valence-electron chi connectivity index (χ0n) is 12.8. The van der Waals surface area contributed by atoms with Crippen molar-refractivity contribution >= 4 is 25.9 Å². The largest absolute Gasteiger partial charge is 0.507 e. The highest BCUT2D eigenvalue weighted by atomic mass is 28.3. The second kappa shape index (κ2) is 6.12. The number of dihydropyridines is 1. The van der Waals surface area contributed by atoms with Gasteiger partial charge in [0.1, 0.15) is 13.8 Å². The van der Waals surface area contributed by atoms with E-state index < -0.39 is 19.9 Å². The van der Waals surface area contributed by atoms with Crippen LogP contribution < -0.4 is 0 Å². The zero-order chi connectivity index (χ0) is 16.3. The second-order valence-corrected chi connectivity index (χ2v) is 10.8. The highest BCUT2D eigenvalue weighted by Crippen LogP contribution is 2.22. The number of hydrogen-bond acceptors (Lipinski definition) is 4. The summed E-state index contributed by atoms with van der Waals surface area (Å²) in [6.45, 7) is 6.36. The Bertz CT molecular complexity index is 745. The highest BCUT2D eigenvalue weighted by Gasteiger charge is 2.28. The first-order chi connectivity index (χ1) is 10.3. The van der Waals surface area contributed by atoms with Crippen LogP contribution >= 0.6 is 0 Å².